The van der Waals surface area contributed by atoms with Crippen molar-refractivity contribution in [2.24, 2.45) is 0 Å². The van der Waals surface area contributed by atoms with Crippen LogP contribution in [0.2, 0.25) is 0 Å². The lowest BCUT2D eigenvalue weighted by Gasteiger charge is -2.15. The highest BCUT2D eigenvalue weighted by Gasteiger charge is 2.34. The third-order valence-corrected chi connectivity index (χ3v) is 3.29. The fourth-order valence-electron chi connectivity index (χ4n) is 2.01. The molecule has 26 heavy (non-hydrogen) atoms. The van der Waals surface area contributed by atoms with Crippen molar-refractivity contribution in [3.05, 3.63) is 30.0 Å². The van der Waals surface area contributed by atoms with Crippen LogP contribution in [0.3, 0.4) is 0 Å². The topological polar surface area (TPSA) is 88.5 Å². The highest BCUT2D eigenvalue weighted by molar-refractivity contribution is 5.62. The standard InChI is InChI=1S/C16H19F3N4O3/c1-9(8-24)20-15-22-13(16(17,18)19)7-14(23-15)21-10-4-11(25-2)6-12(5-10)26-3/h4-7,9,24H,8H2,1-3H3,(H2,20,21,22,23)/t9-/m0/s1. The molecule has 10 heteroatoms. The summed E-state index contributed by atoms with van der Waals surface area (Å²) in [6, 6.07) is 5.08. The van der Waals surface area contributed by atoms with E-state index in [0.29, 0.717) is 17.2 Å². The van der Waals surface area contributed by atoms with Crippen LogP contribution in [0.5, 0.6) is 11.5 Å². The summed E-state index contributed by atoms with van der Waals surface area (Å²) in [4.78, 5) is 7.47. The number of alkyl halides is 3. The maximum Gasteiger partial charge on any atom is 0.433 e. The van der Waals surface area contributed by atoms with Crippen molar-refractivity contribution in [3.63, 3.8) is 0 Å². The first-order valence-corrected chi connectivity index (χ1v) is 7.59. The summed E-state index contributed by atoms with van der Waals surface area (Å²) in [7, 11) is 2.92. The molecule has 2 rings (SSSR count). The number of anilines is 3. The molecule has 0 bridgehead atoms. The SMILES string of the molecule is COc1cc(Nc2cc(C(F)(F)F)nc(N[C@@H](C)CO)n2)cc(OC)c1. The molecule has 7 nitrogen and oxygen atoms in total. The van der Waals surface area contributed by atoms with E-state index >= 15 is 0 Å². The molecule has 2 aromatic rings. The molecule has 0 aliphatic heterocycles. The number of ether oxygens (including phenoxy) is 2. The molecule has 1 aromatic heterocycles. The molecule has 0 saturated carbocycles. The summed E-state index contributed by atoms with van der Waals surface area (Å²) in [6.07, 6.45) is -4.65. The number of aromatic nitrogens is 2. The van der Waals surface area contributed by atoms with Crippen LogP contribution in [0.4, 0.5) is 30.6 Å². The Balaban J connectivity index is 2.40. The van der Waals surface area contributed by atoms with Crippen LogP contribution in [-0.4, -0.2) is 41.9 Å². The second-order valence-electron chi connectivity index (χ2n) is 5.41. The van der Waals surface area contributed by atoms with Crippen molar-refractivity contribution >= 4 is 17.5 Å². The molecule has 0 unspecified atom stereocenters. The van der Waals surface area contributed by atoms with Crippen LogP contribution >= 0.6 is 0 Å². The van der Waals surface area contributed by atoms with Gasteiger partial charge in [0.2, 0.25) is 5.95 Å². The summed E-state index contributed by atoms with van der Waals surface area (Å²) in [5, 5.41) is 14.5. The highest BCUT2D eigenvalue weighted by atomic mass is 19.4. The molecule has 142 valence electrons. The first-order valence-electron chi connectivity index (χ1n) is 7.59. The highest BCUT2D eigenvalue weighted by Crippen LogP contribution is 2.32. The lowest BCUT2D eigenvalue weighted by molar-refractivity contribution is -0.141. The van der Waals surface area contributed by atoms with Crippen molar-refractivity contribution in [1.82, 2.24) is 9.97 Å². The molecule has 0 fully saturated rings. The van der Waals surface area contributed by atoms with Gasteiger partial charge in [-0.3, -0.25) is 0 Å². The number of halogens is 3. The largest absolute Gasteiger partial charge is 0.497 e. The van der Waals surface area contributed by atoms with E-state index < -0.39 is 17.9 Å². The maximum absolute atomic E-state index is 13.1. The zero-order chi connectivity index (χ0) is 19.3. The van der Waals surface area contributed by atoms with E-state index in [1.54, 1.807) is 25.1 Å². The molecular weight excluding hydrogens is 353 g/mol. The van der Waals surface area contributed by atoms with Crippen LogP contribution < -0.4 is 20.1 Å². The van der Waals surface area contributed by atoms with Gasteiger partial charge in [0, 0.05) is 36.0 Å². The number of benzene rings is 1. The maximum atomic E-state index is 13.1. The average Bonchev–Trinajstić information content (AvgIpc) is 2.60. The molecular formula is C16H19F3N4O3. The summed E-state index contributed by atoms with van der Waals surface area (Å²) in [5.74, 6) is 0.599. The fourth-order valence-corrected chi connectivity index (χ4v) is 2.01. The lowest BCUT2D eigenvalue weighted by Crippen LogP contribution is -2.22. The van der Waals surface area contributed by atoms with E-state index in [2.05, 4.69) is 20.6 Å². The van der Waals surface area contributed by atoms with Crippen molar-refractivity contribution in [1.29, 1.82) is 0 Å². The van der Waals surface area contributed by atoms with Gasteiger partial charge in [-0.1, -0.05) is 0 Å². The summed E-state index contributed by atoms with van der Waals surface area (Å²) in [6.45, 7) is 1.30. The van der Waals surface area contributed by atoms with Gasteiger partial charge >= 0.3 is 6.18 Å². The van der Waals surface area contributed by atoms with E-state index in [9.17, 15) is 13.2 Å². The van der Waals surface area contributed by atoms with Gasteiger partial charge in [-0.05, 0) is 6.92 Å². The first-order chi connectivity index (χ1) is 12.2. The van der Waals surface area contributed by atoms with Crippen LogP contribution in [0, 0.1) is 0 Å². The predicted molar refractivity (Wildman–Crippen MR) is 90.0 cm³/mol. The molecule has 1 aromatic carbocycles. The Kier molecular flexibility index (Phi) is 6.09. The molecule has 1 atom stereocenters. The Labute approximate surface area is 148 Å². The van der Waals surface area contributed by atoms with Crippen molar-refractivity contribution in [2.75, 3.05) is 31.5 Å². The van der Waals surface area contributed by atoms with E-state index in [-0.39, 0.29) is 18.4 Å². The molecule has 1 heterocycles. The zero-order valence-electron chi connectivity index (χ0n) is 14.4. The number of hydrogen-bond donors (Lipinski definition) is 3. The van der Waals surface area contributed by atoms with E-state index in [1.165, 1.54) is 14.2 Å². The second-order valence-corrected chi connectivity index (χ2v) is 5.41. The van der Waals surface area contributed by atoms with Crippen LogP contribution in [0.25, 0.3) is 0 Å². The van der Waals surface area contributed by atoms with Gasteiger partial charge in [0.05, 0.1) is 20.8 Å². The minimum Gasteiger partial charge on any atom is -0.497 e. The van der Waals surface area contributed by atoms with Gasteiger partial charge in [-0.25, -0.2) is 4.98 Å². The molecule has 0 aliphatic carbocycles. The quantitative estimate of drug-likeness (QED) is 0.688. The minimum absolute atomic E-state index is 0.0738. The zero-order valence-corrected chi connectivity index (χ0v) is 14.4. The number of nitrogens with zero attached hydrogens (tertiary/aromatic N) is 2. The molecule has 3 N–H and O–H groups in total. The molecule has 0 saturated heterocycles. The summed E-state index contributed by atoms with van der Waals surface area (Å²) in [5.41, 5.74) is -0.688. The van der Waals surface area contributed by atoms with Crippen molar-refractivity contribution < 1.29 is 27.8 Å². The number of nitrogens with one attached hydrogen (secondary N) is 2. The molecule has 0 spiro atoms. The molecule has 0 radical (unpaired) electrons. The lowest BCUT2D eigenvalue weighted by atomic mass is 10.2. The Morgan fingerprint density at radius 1 is 1.08 bits per heavy atom. The number of methoxy groups -OCH3 is 2. The monoisotopic (exact) mass is 372 g/mol. The van der Waals surface area contributed by atoms with Crippen LogP contribution in [-0.2, 0) is 6.18 Å². The van der Waals surface area contributed by atoms with E-state index in [0.717, 1.165) is 6.07 Å². The van der Waals surface area contributed by atoms with Gasteiger partial charge < -0.3 is 25.2 Å². The van der Waals surface area contributed by atoms with Gasteiger partial charge in [0.1, 0.15) is 17.3 Å². The smallest absolute Gasteiger partial charge is 0.433 e. The molecule has 0 amide bonds. The number of aliphatic hydroxyl groups is 1. The molecule has 0 aliphatic rings. The first kappa shape index (κ1) is 19.6. The Morgan fingerprint density at radius 2 is 1.69 bits per heavy atom. The summed E-state index contributed by atoms with van der Waals surface area (Å²) < 4.78 is 49.6. The van der Waals surface area contributed by atoms with Crippen molar-refractivity contribution in [2.45, 2.75) is 19.1 Å². The number of hydrogen-bond acceptors (Lipinski definition) is 7. The van der Waals surface area contributed by atoms with Crippen LogP contribution in [0.15, 0.2) is 24.3 Å². The third-order valence-electron chi connectivity index (χ3n) is 3.29. The van der Waals surface area contributed by atoms with Crippen molar-refractivity contribution in [3.8, 4) is 11.5 Å². The number of rotatable bonds is 7. The Hall–Kier alpha value is -2.75. The third kappa shape index (κ3) is 5.12. The summed E-state index contributed by atoms with van der Waals surface area (Å²) >= 11 is 0. The minimum atomic E-state index is -4.65. The van der Waals surface area contributed by atoms with Gasteiger partial charge in [0.25, 0.3) is 0 Å². The van der Waals surface area contributed by atoms with E-state index in [4.69, 9.17) is 14.6 Å². The average molecular weight is 372 g/mol. The van der Waals surface area contributed by atoms with Gasteiger partial charge in [-0.15, -0.1) is 0 Å². The van der Waals surface area contributed by atoms with Gasteiger partial charge in [0.15, 0.2) is 5.69 Å². The van der Waals surface area contributed by atoms with Crippen LogP contribution in [0.1, 0.15) is 12.6 Å². The normalized spacial score (nSPS) is 12.4. The number of aliphatic hydroxyl groups excluding tert-OH is 1. The Morgan fingerprint density at radius 3 is 2.19 bits per heavy atom. The van der Waals surface area contributed by atoms with Gasteiger partial charge in [-0.2, -0.15) is 18.2 Å². The Bertz CT molecular complexity index is 734. The predicted octanol–water partition coefficient (Wildman–Crippen LogP) is 3.05. The van der Waals surface area contributed by atoms with E-state index in [1.807, 2.05) is 0 Å². The fraction of sp³-hybridized carbons (Fsp3) is 0.375. The second kappa shape index (κ2) is 8.09.